The Balaban J connectivity index is 1.47. The monoisotopic (exact) mass is 415 g/mol. The van der Waals surface area contributed by atoms with Crippen LogP contribution in [0.25, 0.3) is 26.4 Å². The van der Waals surface area contributed by atoms with Gasteiger partial charge in [-0.2, -0.15) is 0 Å². The third-order valence-electron chi connectivity index (χ3n) is 5.45. The number of nitrogens with zero attached hydrogens (tertiary/aromatic N) is 2. The molecule has 1 aliphatic heterocycles. The molecule has 5 rings (SSSR count). The molecule has 2 aromatic carbocycles. The van der Waals surface area contributed by atoms with Crippen LogP contribution in [0.15, 0.2) is 42.6 Å². The number of benzene rings is 2. The zero-order chi connectivity index (χ0) is 20.1. The smallest absolute Gasteiger partial charge is 0.242 e. The molecule has 2 atom stereocenters. The van der Waals surface area contributed by atoms with Gasteiger partial charge in [-0.3, -0.25) is 9.20 Å². The van der Waals surface area contributed by atoms with E-state index in [-0.39, 0.29) is 12.6 Å². The quantitative estimate of drug-likeness (QED) is 0.473. The summed E-state index contributed by atoms with van der Waals surface area (Å²) in [5.74, 6) is -1.13. The van der Waals surface area contributed by atoms with Crippen LogP contribution in [0.2, 0.25) is 0 Å². The molecule has 0 amide bonds. The predicted octanol–water partition coefficient (Wildman–Crippen LogP) is 5.08. The molecule has 2 aromatic heterocycles. The van der Waals surface area contributed by atoms with Crippen LogP contribution in [0, 0.1) is 11.7 Å². The molecule has 0 bridgehead atoms. The summed E-state index contributed by atoms with van der Waals surface area (Å²) < 4.78 is 43.4. The van der Waals surface area contributed by atoms with Gasteiger partial charge in [0.25, 0.3) is 0 Å². The maximum Gasteiger partial charge on any atom is 0.242 e. The highest BCUT2D eigenvalue weighted by molar-refractivity contribution is 7.23. The fraction of sp³-hybridized carbons (Fsp3) is 0.238. The number of imidazole rings is 1. The number of alkyl halides is 2. The van der Waals surface area contributed by atoms with Crippen molar-refractivity contribution >= 4 is 32.8 Å². The first-order chi connectivity index (χ1) is 14.0. The number of fused-ring (bicyclic) bond motifs is 3. The van der Waals surface area contributed by atoms with Crippen molar-refractivity contribution in [2.45, 2.75) is 18.9 Å². The predicted molar refractivity (Wildman–Crippen MR) is 106 cm³/mol. The van der Waals surface area contributed by atoms with Crippen LogP contribution < -0.4 is 5.32 Å². The van der Waals surface area contributed by atoms with E-state index in [0.717, 1.165) is 16.5 Å². The molecule has 1 aliphatic rings. The highest BCUT2D eigenvalue weighted by atomic mass is 32.1. The first-order valence-corrected chi connectivity index (χ1v) is 10.0. The first kappa shape index (κ1) is 18.3. The molecule has 2 unspecified atom stereocenters. The van der Waals surface area contributed by atoms with E-state index in [2.05, 4.69) is 10.3 Å². The third-order valence-corrected chi connectivity index (χ3v) is 6.46. The number of rotatable bonds is 4. The van der Waals surface area contributed by atoms with Crippen molar-refractivity contribution in [2.24, 2.45) is 5.92 Å². The summed E-state index contributed by atoms with van der Waals surface area (Å²) in [6.45, 7) is 0.238. The van der Waals surface area contributed by atoms with Crippen LogP contribution in [-0.4, -0.2) is 28.6 Å². The highest BCUT2D eigenvalue weighted by Gasteiger charge is 2.31. The van der Waals surface area contributed by atoms with E-state index in [4.69, 9.17) is 0 Å². The van der Waals surface area contributed by atoms with Crippen molar-refractivity contribution in [1.29, 1.82) is 0 Å². The summed E-state index contributed by atoms with van der Waals surface area (Å²) >= 11 is 1.43. The van der Waals surface area contributed by atoms with E-state index in [1.165, 1.54) is 17.4 Å². The topological polar surface area (TPSA) is 46.4 Å². The second kappa shape index (κ2) is 6.96. The summed E-state index contributed by atoms with van der Waals surface area (Å²) in [4.78, 5) is 16.2. The minimum Gasteiger partial charge on any atom is -0.309 e. The molecule has 148 valence electrons. The Morgan fingerprint density at radius 1 is 1.24 bits per heavy atom. The number of carbonyl (C=O) groups is 1. The van der Waals surface area contributed by atoms with Crippen LogP contribution in [0.1, 0.15) is 28.4 Å². The van der Waals surface area contributed by atoms with Crippen molar-refractivity contribution in [3.8, 4) is 11.3 Å². The summed E-state index contributed by atoms with van der Waals surface area (Å²) in [6.07, 6.45) is 0.499. The van der Waals surface area contributed by atoms with E-state index in [9.17, 15) is 18.0 Å². The number of halogens is 3. The lowest BCUT2D eigenvalue weighted by atomic mass is 9.98. The summed E-state index contributed by atoms with van der Waals surface area (Å²) in [7, 11) is 0. The van der Waals surface area contributed by atoms with E-state index in [0.29, 0.717) is 33.8 Å². The average molecular weight is 415 g/mol. The Morgan fingerprint density at radius 2 is 2.10 bits per heavy atom. The molecule has 0 radical (unpaired) electrons. The minimum absolute atomic E-state index is 0.238. The van der Waals surface area contributed by atoms with Crippen molar-refractivity contribution in [2.75, 3.05) is 6.54 Å². The minimum atomic E-state index is -2.37. The van der Waals surface area contributed by atoms with Crippen LogP contribution in [0.5, 0.6) is 0 Å². The van der Waals surface area contributed by atoms with Crippen molar-refractivity contribution in [3.05, 3.63) is 59.5 Å². The van der Waals surface area contributed by atoms with Gasteiger partial charge >= 0.3 is 0 Å². The highest BCUT2D eigenvalue weighted by Crippen LogP contribution is 2.34. The summed E-state index contributed by atoms with van der Waals surface area (Å²) in [5, 5.41) is 3.05. The molecular formula is C21H16F3N3OS. The number of thiazole rings is 1. The maximum absolute atomic E-state index is 14.8. The molecule has 1 fully saturated rings. The van der Waals surface area contributed by atoms with Crippen LogP contribution >= 0.6 is 11.3 Å². The largest absolute Gasteiger partial charge is 0.309 e. The Hall–Kier alpha value is -2.71. The molecule has 0 saturated carbocycles. The zero-order valence-corrected chi connectivity index (χ0v) is 15.9. The second-order valence-electron chi connectivity index (χ2n) is 7.26. The zero-order valence-electron chi connectivity index (χ0n) is 15.1. The normalized spacial score (nSPS) is 19.6. The SMILES string of the molecule is O=Cc1ccc2c(c1)sc1nc(-c3ccc(C4CC(C(F)F)CN4)cc3F)cn12. The number of hydrogen-bond acceptors (Lipinski definition) is 4. The number of aldehydes is 1. The van der Waals surface area contributed by atoms with Gasteiger partial charge in [0.2, 0.25) is 6.43 Å². The number of carbonyl (C=O) groups excluding carboxylic acids is 1. The summed E-state index contributed by atoms with van der Waals surface area (Å²) in [6, 6.07) is 9.95. The fourth-order valence-corrected chi connectivity index (χ4v) is 4.94. The Labute approximate surface area is 168 Å². The van der Waals surface area contributed by atoms with Crippen molar-refractivity contribution in [3.63, 3.8) is 0 Å². The van der Waals surface area contributed by atoms with Gasteiger partial charge in [-0.1, -0.05) is 17.4 Å². The van der Waals surface area contributed by atoms with Crippen molar-refractivity contribution < 1.29 is 18.0 Å². The second-order valence-corrected chi connectivity index (χ2v) is 8.27. The maximum atomic E-state index is 14.8. The number of aromatic nitrogens is 2. The third kappa shape index (κ3) is 3.12. The fourth-order valence-electron chi connectivity index (χ4n) is 3.89. The van der Waals surface area contributed by atoms with Gasteiger partial charge < -0.3 is 5.32 Å². The molecule has 1 saturated heterocycles. The molecule has 4 aromatic rings. The van der Waals surface area contributed by atoms with E-state index in [1.54, 1.807) is 30.5 Å². The van der Waals surface area contributed by atoms with Gasteiger partial charge in [0, 0.05) is 35.8 Å². The van der Waals surface area contributed by atoms with Gasteiger partial charge in [0.05, 0.1) is 15.9 Å². The number of hydrogen-bond donors (Lipinski definition) is 1. The Morgan fingerprint density at radius 3 is 2.83 bits per heavy atom. The van der Waals surface area contributed by atoms with Crippen LogP contribution in [0.4, 0.5) is 13.2 Å². The van der Waals surface area contributed by atoms with Gasteiger partial charge in [-0.25, -0.2) is 18.2 Å². The summed E-state index contributed by atoms with van der Waals surface area (Å²) in [5.41, 5.74) is 3.04. The van der Waals surface area contributed by atoms with E-state index < -0.39 is 18.2 Å². The Kier molecular flexibility index (Phi) is 4.40. The lowest BCUT2D eigenvalue weighted by molar-refractivity contribution is 0.0858. The van der Waals surface area contributed by atoms with Gasteiger partial charge in [-0.05, 0) is 42.3 Å². The van der Waals surface area contributed by atoms with Crippen molar-refractivity contribution in [1.82, 2.24) is 14.7 Å². The molecule has 29 heavy (non-hydrogen) atoms. The lowest BCUT2D eigenvalue weighted by Gasteiger charge is -2.12. The van der Waals surface area contributed by atoms with Crippen LogP contribution in [0.3, 0.4) is 0 Å². The lowest BCUT2D eigenvalue weighted by Crippen LogP contribution is -2.16. The van der Waals surface area contributed by atoms with E-state index >= 15 is 0 Å². The molecular weight excluding hydrogens is 399 g/mol. The molecule has 8 heteroatoms. The standard InChI is InChI=1S/C21H16F3N3OS/c22-15-6-12(16-7-13(8-25-16)20(23)24)2-3-14(15)17-9-27-18-4-1-11(10-28)5-19(18)29-21(27)26-17/h1-6,9-10,13,16,20,25H,7-8H2. The van der Waals surface area contributed by atoms with E-state index in [1.807, 2.05) is 10.5 Å². The molecule has 1 N–H and O–H groups in total. The molecule has 0 spiro atoms. The molecule has 3 heterocycles. The Bertz CT molecular complexity index is 1230. The average Bonchev–Trinajstić information content (AvgIpc) is 3.41. The number of nitrogens with one attached hydrogen (secondary N) is 1. The van der Waals surface area contributed by atoms with Gasteiger partial charge in [-0.15, -0.1) is 0 Å². The van der Waals surface area contributed by atoms with Gasteiger partial charge in [0.15, 0.2) is 4.96 Å². The molecule has 4 nitrogen and oxygen atoms in total. The van der Waals surface area contributed by atoms with Crippen LogP contribution in [-0.2, 0) is 0 Å². The first-order valence-electron chi connectivity index (χ1n) is 9.21. The molecule has 0 aliphatic carbocycles. The van der Waals surface area contributed by atoms with Gasteiger partial charge in [0.1, 0.15) is 12.1 Å².